The van der Waals surface area contributed by atoms with Crippen molar-refractivity contribution in [1.29, 1.82) is 0 Å². The van der Waals surface area contributed by atoms with Gasteiger partial charge in [-0.1, -0.05) is 0 Å². The number of carbonyl (C=O) groups excluding carboxylic acids is 2. The molecule has 2 aromatic carbocycles. The van der Waals surface area contributed by atoms with Gasteiger partial charge in [-0.15, -0.1) is 24.8 Å². The van der Waals surface area contributed by atoms with Crippen molar-refractivity contribution < 1.29 is 72.2 Å². The van der Waals surface area contributed by atoms with Gasteiger partial charge in [-0.2, -0.15) is 0 Å². The van der Waals surface area contributed by atoms with Crippen LogP contribution in [0, 0.1) is 0 Å². The van der Waals surface area contributed by atoms with Crippen LogP contribution in [0.15, 0.2) is 24.3 Å². The molecule has 0 aliphatic carbocycles. The van der Waals surface area contributed by atoms with Crippen LogP contribution < -0.4 is 28.4 Å². The van der Waals surface area contributed by atoms with Gasteiger partial charge in [0.1, 0.15) is 0 Å². The highest BCUT2D eigenvalue weighted by molar-refractivity contribution is 5.91. The smallest absolute Gasteiger partial charge is 0.338 e. The molecule has 0 saturated heterocycles. The third-order valence-electron chi connectivity index (χ3n) is 5.86. The lowest BCUT2D eigenvalue weighted by atomic mass is 10.2. The standard InChI is InChI=1S/C30H44N2O10.2ClH/c1-31(11-9-15-41-29(33)21-17-23(35-3)27(39-7)24(18-21)36-4)13-14-32(2)12-10-16-42-30(34)22-19-25(37-5)28(40-8)26(20-22)38-6;;/h17-20H,9-16H2,1-8H3;2*1H/i3D3,4D3,5D3,6D3,7D3,8D3;;. The number of halogens is 2. The van der Waals surface area contributed by atoms with Crippen LogP contribution >= 0.6 is 24.8 Å². The van der Waals surface area contributed by atoms with E-state index in [1.54, 1.807) is 14.1 Å². The lowest BCUT2D eigenvalue weighted by Crippen LogP contribution is -2.32. The van der Waals surface area contributed by atoms with Gasteiger partial charge in [0, 0.05) is 26.2 Å². The van der Waals surface area contributed by atoms with E-state index < -0.39 is 99.8 Å². The number of benzene rings is 2. The van der Waals surface area contributed by atoms with Crippen LogP contribution in [0.3, 0.4) is 0 Å². The van der Waals surface area contributed by atoms with Crippen molar-refractivity contribution in [2.45, 2.75) is 12.8 Å². The zero-order valence-electron chi connectivity index (χ0n) is 41.8. The largest absolute Gasteiger partial charge is 0.493 e. The molecule has 0 bridgehead atoms. The average molecular weight is 684 g/mol. The van der Waals surface area contributed by atoms with Crippen molar-refractivity contribution in [2.24, 2.45) is 0 Å². The maximum Gasteiger partial charge on any atom is 0.338 e. The Hall–Kier alpha value is -3.32. The van der Waals surface area contributed by atoms with E-state index in [4.69, 9.17) is 62.6 Å². The Bertz CT molecular complexity index is 1560. The number of likely N-dealkylation sites (N-methyl/N-ethyl adjacent to an activating group) is 2. The summed E-state index contributed by atoms with van der Waals surface area (Å²) in [5.41, 5.74) is -0.824. The van der Waals surface area contributed by atoms with Crippen LogP contribution in [-0.2, 0) is 9.47 Å². The molecule has 0 atom stereocenters. The Morgan fingerprint density at radius 1 is 0.568 bits per heavy atom. The van der Waals surface area contributed by atoms with E-state index in [0.717, 1.165) is 24.3 Å². The second-order valence-corrected chi connectivity index (χ2v) is 8.80. The molecule has 0 N–H and O–H groups in total. The molecule has 0 fully saturated rings. The fourth-order valence-corrected chi connectivity index (χ4v) is 3.62. The molecule has 12 nitrogen and oxygen atoms in total. The van der Waals surface area contributed by atoms with E-state index in [2.05, 4.69) is 0 Å². The first-order chi connectivity index (χ1) is 27.1. The SMILES string of the molecule is Cl.Cl.[2H]C([2H])([2H])Oc1cc(C(=O)OCCCN(C)CCN(C)CCCOC(=O)c2cc(OC([2H])([2H])[2H])c(OC([2H])([2H])[2H])c(OC([2H])([2H])[2H])c2)cc(OC([2H])([2H])[2H])c1OC([2H])([2H])[2H]. The summed E-state index contributed by atoms with van der Waals surface area (Å²) in [6.07, 6.45) is 0.641. The van der Waals surface area contributed by atoms with E-state index >= 15 is 0 Å². The van der Waals surface area contributed by atoms with Gasteiger partial charge in [-0.3, -0.25) is 0 Å². The third-order valence-corrected chi connectivity index (χ3v) is 5.86. The highest BCUT2D eigenvalue weighted by Gasteiger charge is 2.19. The number of carbonyl (C=O) groups is 2. The number of methoxy groups -OCH3 is 6. The normalized spacial score (nSPS) is 18.1. The Morgan fingerprint density at radius 3 is 1.18 bits per heavy atom. The second-order valence-electron chi connectivity index (χ2n) is 8.80. The highest BCUT2D eigenvalue weighted by Crippen LogP contribution is 2.39. The average Bonchev–Trinajstić information content (AvgIpc) is 3.02. The minimum absolute atomic E-state index is 0. The monoisotopic (exact) mass is 682 g/mol. The van der Waals surface area contributed by atoms with Gasteiger partial charge in [-0.05, 0) is 51.2 Å². The molecule has 2 rings (SSSR count). The summed E-state index contributed by atoms with van der Waals surface area (Å²) >= 11 is 0. The van der Waals surface area contributed by atoms with Gasteiger partial charge >= 0.3 is 11.9 Å². The number of esters is 2. The minimum atomic E-state index is -3.18. The summed E-state index contributed by atoms with van der Waals surface area (Å²) < 4.78 is 172. The Labute approximate surface area is 297 Å². The van der Waals surface area contributed by atoms with Crippen LogP contribution in [0.25, 0.3) is 0 Å². The number of nitrogens with zero attached hydrogens (tertiary/aromatic N) is 2. The van der Waals surface area contributed by atoms with Crippen LogP contribution in [0.5, 0.6) is 34.5 Å². The maximum atomic E-state index is 12.9. The van der Waals surface area contributed by atoms with Crippen LogP contribution in [-0.4, -0.2) is 117 Å². The Balaban J connectivity index is 0.0000186. The first-order valence-electron chi connectivity index (χ1n) is 21.3. The van der Waals surface area contributed by atoms with Gasteiger partial charge in [0.15, 0.2) is 23.0 Å². The first-order valence-corrected chi connectivity index (χ1v) is 12.3. The number of hydrogen-bond donors (Lipinski definition) is 0. The summed E-state index contributed by atoms with van der Waals surface area (Å²) in [5, 5.41) is 0. The summed E-state index contributed by atoms with van der Waals surface area (Å²) in [4.78, 5) is 29.6. The molecule has 44 heavy (non-hydrogen) atoms. The van der Waals surface area contributed by atoms with Crippen molar-refractivity contribution in [3.63, 3.8) is 0 Å². The molecule has 0 spiro atoms. The second kappa shape index (κ2) is 21.4. The molecule has 250 valence electrons. The van der Waals surface area contributed by atoms with Crippen molar-refractivity contribution in [2.75, 3.05) is 95.7 Å². The predicted octanol–water partition coefficient (Wildman–Crippen LogP) is 4.24. The molecule has 0 aliphatic heterocycles. The fourth-order valence-electron chi connectivity index (χ4n) is 3.62. The quantitative estimate of drug-likeness (QED) is 0.156. The van der Waals surface area contributed by atoms with Gasteiger partial charge in [0.25, 0.3) is 0 Å². The minimum Gasteiger partial charge on any atom is -0.493 e. The lowest BCUT2D eigenvalue weighted by Gasteiger charge is -2.22. The molecule has 0 amide bonds. The zero-order valence-corrected chi connectivity index (χ0v) is 25.4. The summed E-state index contributed by atoms with van der Waals surface area (Å²) in [6, 6.07) is 3.30. The third kappa shape index (κ3) is 12.0. The molecule has 2 aromatic rings. The van der Waals surface area contributed by atoms with Gasteiger partial charge in [0.2, 0.25) is 11.5 Å². The molecular formula is C30H46Cl2N2O10. The Morgan fingerprint density at radius 2 is 0.886 bits per heavy atom. The van der Waals surface area contributed by atoms with Crippen molar-refractivity contribution in [1.82, 2.24) is 9.80 Å². The number of ether oxygens (including phenoxy) is 8. The highest BCUT2D eigenvalue weighted by atomic mass is 35.5. The summed E-state index contributed by atoms with van der Waals surface area (Å²) in [6.45, 7) is 1.66. The molecule has 14 heteroatoms. The van der Waals surface area contributed by atoms with E-state index in [1.165, 1.54) is 0 Å². The Kier molecular flexibility index (Phi) is 9.36. The first kappa shape index (κ1) is 19.3. The predicted molar refractivity (Wildman–Crippen MR) is 171 cm³/mol. The molecule has 0 radical (unpaired) electrons. The maximum absolute atomic E-state index is 12.9. The lowest BCUT2D eigenvalue weighted by molar-refractivity contribution is 0.0475. The molecule has 0 aromatic heterocycles. The van der Waals surface area contributed by atoms with E-state index in [-0.39, 0.29) is 38.0 Å². The molecule has 0 saturated carbocycles. The van der Waals surface area contributed by atoms with E-state index in [9.17, 15) is 9.59 Å². The summed E-state index contributed by atoms with van der Waals surface area (Å²) in [7, 11) is -15.4. The summed E-state index contributed by atoms with van der Waals surface area (Å²) in [5.74, 6) is -7.02. The molecule has 0 unspecified atom stereocenters. The van der Waals surface area contributed by atoms with Crippen LogP contribution in [0.2, 0.25) is 0 Å². The van der Waals surface area contributed by atoms with Crippen molar-refractivity contribution >= 4 is 36.8 Å². The van der Waals surface area contributed by atoms with Gasteiger partial charge in [0.05, 0.1) is 91.2 Å². The van der Waals surface area contributed by atoms with Crippen LogP contribution in [0.4, 0.5) is 0 Å². The topological polar surface area (TPSA) is 114 Å². The zero-order chi connectivity index (χ0) is 46.1. The van der Waals surface area contributed by atoms with Crippen molar-refractivity contribution in [3.05, 3.63) is 35.4 Å². The molecular weight excluding hydrogens is 619 g/mol. The van der Waals surface area contributed by atoms with E-state index in [0.29, 0.717) is 39.0 Å². The van der Waals surface area contributed by atoms with Gasteiger partial charge < -0.3 is 47.7 Å². The van der Waals surface area contributed by atoms with E-state index in [1.807, 2.05) is 9.80 Å². The molecule has 0 aliphatic rings. The molecule has 0 heterocycles. The van der Waals surface area contributed by atoms with Crippen molar-refractivity contribution in [3.8, 4) is 34.5 Å². The van der Waals surface area contributed by atoms with Gasteiger partial charge in [-0.25, -0.2) is 9.59 Å². The van der Waals surface area contributed by atoms with Crippen LogP contribution in [0.1, 0.15) is 58.2 Å². The number of hydrogen-bond acceptors (Lipinski definition) is 12. The fraction of sp³-hybridized carbons (Fsp3) is 0.533. The number of rotatable bonds is 19.